The summed E-state index contributed by atoms with van der Waals surface area (Å²) in [5, 5.41) is 7.75. The minimum atomic E-state index is 0.245. The van der Waals surface area contributed by atoms with Crippen molar-refractivity contribution in [2.45, 2.75) is 26.4 Å². The van der Waals surface area contributed by atoms with Gasteiger partial charge >= 0.3 is 0 Å². The number of likely N-dealkylation sites (N-methyl/N-ethyl adjacent to an activating group) is 1. The van der Waals surface area contributed by atoms with Gasteiger partial charge in [-0.25, -0.2) is 0 Å². The number of rotatable bonds is 6. The molecule has 0 aliphatic carbocycles. The molecule has 0 radical (unpaired) electrons. The van der Waals surface area contributed by atoms with E-state index in [2.05, 4.69) is 22.5 Å². The van der Waals surface area contributed by atoms with Gasteiger partial charge in [0.25, 0.3) is 0 Å². The third kappa shape index (κ3) is 3.58. The van der Waals surface area contributed by atoms with E-state index in [4.69, 9.17) is 4.74 Å². The van der Waals surface area contributed by atoms with Crippen molar-refractivity contribution in [3.8, 4) is 5.75 Å². The van der Waals surface area contributed by atoms with E-state index in [1.807, 2.05) is 50.0 Å². The number of aryl methyl sites for hydroxylation is 1. The Balaban J connectivity index is 2.08. The summed E-state index contributed by atoms with van der Waals surface area (Å²) in [6, 6.07) is 10.5. The molecule has 4 nitrogen and oxygen atoms in total. The summed E-state index contributed by atoms with van der Waals surface area (Å²) in [6.07, 6.45) is 2.01. The Labute approximate surface area is 114 Å². The van der Waals surface area contributed by atoms with E-state index in [9.17, 15) is 0 Å². The predicted octanol–water partition coefficient (Wildman–Crippen LogP) is 2.55. The number of hydrogen-bond acceptors (Lipinski definition) is 3. The minimum Gasteiger partial charge on any atom is -0.494 e. The number of ether oxygens (including phenoxy) is 1. The lowest BCUT2D eigenvalue weighted by atomic mass is 10.1. The summed E-state index contributed by atoms with van der Waals surface area (Å²) in [7, 11) is 1.97. The molecule has 0 aliphatic heterocycles. The minimum absolute atomic E-state index is 0.245. The van der Waals surface area contributed by atoms with E-state index in [1.54, 1.807) is 0 Å². The van der Waals surface area contributed by atoms with Gasteiger partial charge in [0.1, 0.15) is 5.75 Å². The lowest BCUT2D eigenvalue weighted by Crippen LogP contribution is -2.22. The van der Waals surface area contributed by atoms with Crippen LogP contribution in [0.5, 0.6) is 5.75 Å². The third-order valence-corrected chi connectivity index (χ3v) is 3.09. The van der Waals surface area contributed by atoms with Crippen molar-refractivity contribution in [3.63, 3.8) is 0 Å². The van der Waals surface area contributed by atoms with Gasteiger partial charge in [-0.2, -0.15) is 5.10 Å². The lowest BCUT2D eigenvalue weighted by molar-refractivity contribution is 0.340. The quantitative estimate of drug-likeness (QED) is 0.866. The van der Waals surface area contributed by atoms with Crippen LogP contribution in [0.3, 0.4) is 0 Å². The van der Waals surface area contributed by atoms with Crippen LogP contribution in [0, 0.1) is 6.92 Å². The highest BCUT2D eigenvalue weighted by Gasteiger charge is 2.10. The molecule has 0 fully saturated rings. The monoisotopic (exact) mass is 259 g/mol. The molecule has 0 aliphatic rings. The van der Waals surface area contributed by atoms with Crippen LogP contribution in [0.25, 0.3) is 0 Å². The van der Waals surface area contributed by atoms with Crippen LogP contribution >= 0.6 is 0 Å². The Kier molecular flexibility index (Phi) is 4.58. The summed E-state index contributed by atoms with van der Waals surface area (Å²) in [5.41, 5.74) is 2.28. The Bertz CT molecular complexity index is 504. The molecule has 1 aromatic carbocycles. The standard InChI is InChI=1S/C15H21N3O/c1-4-19-14-7-5-13(6-8-14)15(16-3)11-18-10-9-12(2)17-18/h5-10,15-16H,4,11H2,1-3H3. The zero-order chi connectivity index (χ0) is 13.7. The molecule has 0 bridgehead atoms. The number of nitrogens with one attached hydrogen (secondary N) is 1. The number of hydrogen-bond donors (Lipinski definition) is 1. The zero-order valence-electron chi connectivity index (χ0n) is 11.8. The van der Waals surface area contributed by atoms with Gasteiger partial charge < -0.3 is 10.1 Å². The first kappa shape index (κ1) is 13.6. The van der Waals surface area contributed by atoms with Crippen LogP contribution in [0.1, 0.15) is 24.2 Å². The molecule has 1 heterocycles. The first-order valence-electron chi connectivity index (χ1n) is 6.63. The zero-order valence-corrected chi connectivity index (χ0v) is 11.8. The second-order valence-electron chi connectivity index (χ2n) is 4.52. The molecule has 1 N–H and O–H groups in total. The summed E-state index contributed by atoms with van der Waals surface area (Å²) >= 11 is 0. The van der Waals surface area contributed by atoms with Gasteiger partial charge in [-0.3, -0.25) is 4.68 Å². The van der Waals surface area contributed by atoms with Gasteiger partial charge in [0.15, 0.2) is 0 Å². The fourth-order valence-electron chi connectivity index (χ4n) is 2.08. The van der Waals surface area contributed by atoms with Crippen LogP contribution in [-0.2, 0) is 6.54 Å². The van der Waals surface area contributed by atoms with E-state index in [0.717, 1.165) is 18.0 Å². The van der Waals surface area contributed by atoms with Gasteiger partial charge in [-0.1, -0.05) is 12.1 Å². The smallest absolute Gasteiger partial charge is 0.119 e. The molecule has 2 aromatic rings. The third-order valence-electron chi connectivity index (χ3n) is 3.09. The van der Waals surface area contributed by atoms with Crippen molar-refractivity contribution in [2.24, 2.45) is 0 Å². The van der Waals surface area contributed by atoms with Crippen LogP contribution in [0.2, 0.25) is 0 Å². The highest BCUT2D eigenvalue weighted by atomic mass is 16.5. The average molecular weight is 259 g/mol. The average Bonchev–Trinajstić information content (AvgIpc) is 2.83. The maximum Gasteiger partial charge on any atom is 0.119 e. The largest absolute Gasteiger partial charge is 0.494 e. The molecule has 4 heteroatoms. The van der Waals surface area contributed by atoms with E-state index < -0.39 is 0 Å². The molecular weight excluding hydrogens is 238 g/mol. The summed E-state index contributed by atoms with van der Waals surface area (Å²) in [5.74, 6) is 0.913. The molecule has 2 rings (SSSR count). The van der Waals surface area contributed by atoms with Gasteiger partial charge in [0.05, 0.1) is 24.9 Å². The van der Waals surface area contributed by atoms with Gasteiger partial charge in [0.2, 0.25) is 0 Å². The Morgan fingerprint density at radius 3 is 2.53 bits per heavy atom. The van der Waals surface area contributed by atoms with Crippen LogP contribution in [0.15, 0.2) is 36.5 Å². The predicted molar refractivity (Wildman–Crippen MR) is 76.4 cm³/mol. The first-order valence-corrected chi connectivity index (χ1v) is 6.63. The van der Waals surface area contributed by atoms with E-state index in [0.29, 0.717) is 6.61 Å². The molecular formula is C15H21N3O. The molecule has 0 saturated heterocycles. The Morgan fingerprint density at radius 2 is 2.00 bits per heavy atom. The molecule has 0 saturated carbocycles. The number of benzene rings is 1. The summed E-state index contributed by atoms with van der Waals surface area (Å²) in [4.78, 5) is 0. The fourth-order valence-corrected chi connectivity index (χ4v) is 2.08. The van der Waals surface area contributed by atoms with Crippen molar-refractivity contribution in [3.05, 3.63) is 47.8 Å². The SMILES string of the molecule is CCOc1ccc(C(Cn2ccc(C)n2)NC)cc1. The fraction of sp³-hybridized carbons (Fsp3) is 0.400. The van der Waals surface area contributed by atoms with Crippen molar-refractivity contribution in [1.29, 1.82) is 0 Å². The molecule has 19 heavy (non-hydrogen) atoms. The van der Waals surface area contributed by atoms with Gasteiger partial charge in [0, 0.05) is 6.20 Å². The highest BCUT2D eigenvalue weighted by molar-refractivity contribution is 5.29. The number of aromatic nitrogens is 2. The van der Waals surface area contributed by atoms with Crippen LogP contribution < -0.4 is 10.1 Å². The van der Waals surface area contributed by atoms with Crippen LogP contribution in [-0.4, -0.2) is 23.4 Å². The first-order chi connectivity index (χ1) is 9.22. The van der Waals surface area contributed by atoms with Crippen molar-refractivity contribution < 1.29 is 4.74 Å². The molecule has 1 aromatic heterocycles. The van der Waals surface area contributed by atoms with E-state index in [1.165, 1.54) is 5.56 Å². The van der Waals surface area contributed by atoms with Crippen LogP contribution in [0.4, 0.5) is 0 Å². The second kappa shape index (κ2) is 6.38. The van der Waals surface area contributed by atoms with Gasteiger partial charge in [-0.05, 0) is 44.7 Å². The number of nitrogens with zero attached hydrogens (tertiary/aromatic N) is 2. The highest BCUT2D eigenvalue weighted by Crippen LogP contribution is 2.19. The summed E-state index contributed by atoms with van der Waals surface area (Å²) < 4.78 is 7.42. The Hall–Kier alpha value is -1.81. The van der Waals surface area contributed by atoms with E-state index >= 15 is 0 Å². The maximum absolute atomic E-state index is 5.46. The van der Waals surface area contributed by atoms with Crippen molar-refractivity contribution in [1.82, 2.24) is 15.1 Å². The van der Waals surface area contributed by atoms with Gasteiger partial charge in [-0.15, -0.1) is 0 Å². The molecule has 102 valence electrons. The van der Waals surface area contributed by atoms with Crippen molar-refractivity contribution in [2.75, 3.05) is 13.7 Å². The molecule has 1 unspecified atom stereocenters. The van der Waals surface area contributed by atoms with Crippen molar-refractivity contribution >= 4 is 0 Å². The second-order valence-corrected chi connectivity index (χ2v) is 4.52. The van der Waals surface area contributed by atoms with E-state index in [-0.39, 0.29) is 6.04 Å². The Morgan fingerprint density at radius 1 is 1.26 bits per heavy atom. The normalized spacial score (nSPS) is 12.4. The molecule has 0 spiro atoms. The topological polar surface area (TPSA) is 39.1 Å². The molecule has 0 amide bonds. The lowest BCUT2D eigenvalue weighted by Gasteiger charge is -2.17. The molecule has 1 atom stereocenters. The maximum atomic E-state index is 5.46. The summed E-state index contributed by atoms with van der Waals surface area (Å²) in [6.45, 7) is 5.51.